The van der Waals surface area contributed by atoms with Crippen LogP contribution in [0.4, 0.5) is 0 Å². The second-order valence-corrected chi connectivity index (χ2v) is 8.46. The highest BCUT2D eigenvalue weighted by atomic mass is 32.2. The first kappa shape index (κ1) is 14.3. The molecule has 0 radical (unpaired) electrons. The Kier molecular flexibility index (Phi) is 5.08. The third-order valence-electron chi connectivity index (χ3n) is 2.92. The first-order valence-corrected chi connectivity index (χ1v) is 9.42. The number of hydrogen-bond donors (Lipinski definition) is 2. The molecule has 0 bridgehead atoms. The van der Waals surface area contributed by atoms with Crippen molar-refractivity contribution in [3.05, 3.63) is 16.3 Å². The van der Waals surface area contributed by atoms with Crippen LogP contribution in [-0.2, 0) is 16.6 Å². The summed E-state index contributed by atoms with van der Waals surface area (Å²) < 4.78 is 26.8. The molecule has 1 unspecified atom stereocenters. The lowest BCUT2D eigenvalue weighted by Gasteiger charge is -2.21. The number of hydrogen-bond acceptors (Lipinski definition) is 5. The highest BCUT2D eigenvalue weighted by Crippen LogP contribution is 2.25. The summed E-state index contributed by atoms with van der Waals surface area (Å²) in [7, 11) is -3.36. The Morgan fingerprint density at radius 1 is 1.44 bits per heavy atom. The molecule has 18 heavy (non-hydrogen) atoms. The molecule has 1 aliphatic rings. The fourth-order valence-corrected chi connectivity index (χ4v) is 5.44. The second kappa shape index (κ2) is 6.38. The SMILES string of the molecule is NCc1cc(S(=O)(=O)NCC2CCCCS2)cs1. The van der Waals surface area contributed by atoms with E-state index in [-0.39, 0.29) is 0 Å². The second-order valence-electron chi connectivity index (χ2n) is 4.29. The fourth-order valence-electron chi connectivity index (χ4n) is 1.86. The summed E-state index contributed by atoms with van der Waals surface area (Å²) in [5.74, 6) is 1.14. The van der Waals surface area contributed by atoms with Crippen molar-refractivity contribution in [3.63, 3.8) is 0 Å². The molecule has 1 saturated heterocycles. The lowest BCUT2D eigenvalue weighted by molar-refractivity contribution is 0.574. The van der Waals surface area contributed by atoms with Gasteiger partial charge in [0, 0.05) is 28.6 Å². The number of nitrogens with two attached hydrogens (primary N) is 1. The monoisotopic (exact) mass is 306 g/mol. The van der Waals surface area contributed by atoms with Crippen molar-refractivity contribution in [2.75, 3.05) is 12.3 Å². The van der Waals surface area contributed by atoms with Crippen molar-refractivity contribution in [2.45, 2.75) is 36.0 Å². The van der Waals surface area contributed by atoms with Gasteiger partial charge < -0.3 is 5.73 Å². The lowest BCUT2D eigenvalue weighted by Crippen LogP contribution is -2.31. The Balaban J connectivity index is 1.94. The summed E-state index contributed by atoms with van der Waals surface area (Å²) in [5, 5.41) is 2.07. The van der Waals surface area contributed by atoms with Crippen molar-refractivity contribution >= 4 is 33.1 Å². The number of thiophene rings is 1. The van der Waals surface area contributed by atoms with Gasteiger partial charge in [-0.1, -0.05) is 6.42 Å². The smallest absolute Gasteiger partial charge is 0.241 e. The molecule has 1 fully saturated rings. The minimum absolute atomic E-state index is 0.341. The van der Waals surface area contributed by atoms with Gasteiger partial charge in [0.25, 0.3) is 0 Å². The van der Waals surface area contributed by atoms with E-state index in [1.54, 1.807) is 11.4 Å². The predicted octanol–water partition coefficient (Wildman–Crippen LogP) is 1.77. The normalized spacial score (nSPS) is 21.1. The Morgan fingerprint density at radius 2 is 2.28 bits per heavy atom. The van der Waals surface area contributed by atoms with Gasteiger partial charge in [-0.3, -0.25) is 0 Å². The number of rotatable bonds is 5. The van der Waals surface area contributed by atoms with Gasteiger partial charge in [0.15, 0.2) is 0 Å². The summed E-state index contributed by atoms with van der Waals surface area (Å²) in [4.78, 5) is 1.23. The standard InChI is InChI=1S/C11H18N2O2S3/c12-6-10-5-11(8-17-10)18(14,15)13-7-9-3-1-2-4-16-9/h5,8-9,13H,1-4,6-7,12H2. The Hall–Kier alpha value is -0.0800. The molecule has 2 heterocycles. The summed E-state index contributed by atoms with van der Waals surface area (Å²) in [6.07, 6.45) is 3.55. The average Bonchev–Trinajstić information content (AvgIpc) is 2.87. The topological polar surface area (TPSA) is 72.2 Å². The molecule has 1 atom stereocenters. The molecule has 3 N–H and O–H groups in total. The van der Waals surface area contributed by atoms with Gasteiger partial charge >= 0.3 is 0 Å². The van der Waals surface area contributed by atoms with E-state index in [4.69, 9.17) is 5.73 Å². The van der Waals surface area contributed by atoms with E-state index in [1.807, 2.05) is 11.8 Å². The summed E-state index contributed by atoms with van der Waals surface area (Å²) in [5.41, 5.74) is 5.49. The first-order chi connectivity index (χ1) is 8.62. The minimum Gasteiger partial charge on any atom is -0.326 e. The lowest BCUT2D eigenvalue weighted by atomic mass is 10.2. The van der Waals surface area contributed by atoms with Crippen LogP contribution in [0.1, 0.15) is 24.1 Å². The van der Waals surface area contributed by atoms with Gasteiger partial charge in [-0.05, 0) is 24.7 Å². The van der Waals surface area contributed by atoms with Crippen LogP contribution in [0.2, 0.25) is 0 Å². The third kappa shape index (κ3) is 3.71. The molecule has 1 aromatic rings. The molecule has 0 amide bonds. The van der Waals surface area contributed by atoms with Gasteiger partial charge in [-0.15, -0.1) is 11.3 Å². The van der Waals surface area contributed by atoms with Crippen molar-refractivity contribution in [1.82, 2.24) is 4.72 Å². The molecule has 1 aromatic heterocycles. The van der Waals surface area contributed by atoms with Crippen LogP contribution in [0.5, 0.6) is 0 Å². The summed E-state index contributed by atoms with van der Waals surface area (Å²) in [6, 6.07) is 1.65. The maximum atomic E-state index is 12.0. The predicted molar refractivity (Wildman–Crippen MR) is 77.5 cm³/mol. The highest BCUT2D eigenvalue weighted by Gasteiger charge is 2.20. The highest BCUT2D eigenvalue weighted by molar-refractivity contribution is 8.00. The Morgan fingerprint density at radius 3 is 2.89 bits per heavy atom. The molecule has 4 nitrogen and oxygen atoms in total. The van der Waals surface area contributed by atoms with E-state index in [1.165, 1.54) is 24.2 Å². The Labute approximate surface area is 116 Å². The molecular weight excluding hydrogens is 288 g/mol. The van der Waals surface area contributed by atoms with Crippen molar-refractivity contribution < 1.29 is 8.42 Å². The molecule has 0 aliphatic carbocycles. The van der Waals surface area contributed by atoms with Crippen LogP contribution in [0.25, 0.3) is 0 Å². The first-order valence-electron chi connectivity index (χ1n) is 6.00. The number of sulfonamides is 1. The van der Waals surface area contributed by atoms with Crippen molar-refractivity contribution in [3.8, 4) is 0 Å². The molecule has 102 valence electrons. The zero-order chi connectivity index (χ0) is 13.0. The van der Waals surface area contributed by atoms with E-state index < -0.39 is 10.0 Å². The molecule has 7 heteroatoms. The maximum Gasteiger partial charge on any atom is 0.241 e. The third-order valence-corrected chi connectivity index (χ3v) is 6.83. The molecular formula is C11H18N2O2S3. The van der Waals surface area contributed by atoms with Crippen LogP contribution >= 0.6 is 23.1 Å². The number of nitrogens with one attached hydrogen (secondary N) is 1. The fraction of sp³-hybridized carbons (Fsp3) is 0.636. The van der Waals surface area contributed by atoms with Gasteiger partial charge in [-0.2, -0.15) is 11.8 Å². The molecule has 0 spiro atoms. The van der Waals surface area contributed by atoms with Crippen LogP contribution in [0.3, 0.4) is 0 Å². The number of thioether (sulfide) groups is 1. The van der Waals surface area contributed by atoms with E-state index in [2.05, 4.69) is 4.72 Å². The van der Waals surface area contributed by atoms with Crippen LogP contribution in [0, 0.1) is 0 Å². The van der Waals surface area contributed by atoms with E-state index >= 15 is 0 Å². The van der Waals surface area contributed by atoms with Crippen molar-refractivity contribution in [2.24, 2.45) is 5.73 Å². The molecule has 0 saturated carbocycles. The molecule has 0 aromatic carbocycles. The van der Waals surface area contributed by atoms with Crippen molar-refractivity contribution in [1.29, 1.82) is 0 Å². The largest absolute Gasteiger partial charge is 0.326 e. The zero-order valence-corrected chi connectivity index (χ0v) is 12.5. The van der Waals surface area contributed by atoms with Gasteiger partial charge in [0.05, 0.1) is 4.90 Å². The van der Waals surface area contributed by atoms with Gasteiger partial charge in [-0.25, -0.2) is 13.1 Å². The van der Waals surface area contributed by atoms with E-state index in [0.29, 0.717) is 23.2 Å². The Bertz CT molecular complexity index is 478. The van der Waals surface area contributed by atoms with Crippen LogP contribution in [0.15, 0.2) is 16.3 Å². The van der Waals surface area contributed by atoms with E-state index in [0.717, 1.165) is 17.1 Å². The van der Waals surface area contributed by atoms with Crippen LogP contribution in [-0.4, -0.2) is 26.0 Å². The van der Waals surface area contributed by atoms with E-state index in [9.17, 15) is 8.42 Å². The molecule has 1 aliphatic heterocycles. The van der Waals surface area contributed by atoms with Gasteiger partial charge in [0.1, 0.15) is 0 Å². The average molecular weight is 306 g/mol. The summed E-state index contributed by atoms with van der Waals surface area (Å²) >= 11 is 3.25. The zero-order valence-electron chi connectivity index (χ0n) is 10.1. The quantitative estimate of drug-likeness (QED) is 0.869. The maximum absolute atomic E-state index is 12.0. The van der Waals surface area contributed by atoms with Gasteiger partial charge in [0.2, 0.25) is 10.0 Å². The van der Waals surface area contributed by atoms with Crippen LogP contribution < -0.4 is 10.5 Å². The molecule has 2 rings (SSSR count). The minimum atomic E-state index is -3.36. The summed E-state index contributed by atoms with van der Waals surface area (Å²) in [6.45, 7) is 0.916.